The zero-order valence-corrected chi connectivity index (χ0v) is 34.9. The van der Waals surface area contributed by atoms with E-state index in [1.807, 2.05) is 0 Å². The molecule has 12 rings (SSSR count). The lowest BCUT2D eigenvalue weighted by molar-refractivity contribution is 0.644. The van der Waals surface area contributed by atoms with Crippen LogP contribution in [-0.4, -0.2) is 0 Å². The van der Waals surface area contributed by atoms with Gasteiger partial charge < -0.3 is 0 Å². The summed E-state index contributed by atoms with van der Waals surface area (Å²) in [6.07, 6.45) is 0. The lowest BCUT2D eigenvalue weighted by Crippen LogP contribution is -2.24. The third-order valence-corrected chi connectivity index (χ3v) is 15.3. The summed E-state index contributed by atoms with van der Waals surface area (Å²) in [5.41, 5.74) is 27.2. The average molecular weight is 745 g/mol. The van der Waals surface area contributed by atoms with Gasteiger partial charge in [0.25, 0.3) is 0 Å². The van der Waals surface area contributed by atoms with Crippen molar-refractivity contribution in [1.82, 2.24) is 0 Å². The summed E-state index contributed by atoms with van der Waals surface area (Å²) < 4.78 is 0. The van der Waals surface area contributed by atoms with Gasteiger partial charge in [-0.15, -0.1) is 0 Å². The van der Waals surface area contributed by atoms with Crippen molar-refractivity contribution in [3.05, 3.63) is 190 Å². The maximum atomic E-state index is 2.57. The first-order chi connectivity index (χ1) is 27.8. The van der Waals surface area contributed by atoms with Gasteiger partial charge in [-0.3, -0.25) is 0 Å². The van der Waals surface area contributed by atoms with Crippen molar-refractivity contribution in [2.24, 2.45) is 0 Å². The highest BCUT2D eigenvalue weighted by Crippen LogP contribution is 2.59. The summed E-state index contributed by atoms with van der Waals surface area (Å²) in [5.74, 6) is 0. The number of fused-ring (bicyclic) bond motifs is 12. The maximum Gasteiger partial charge on any atom is 0.0159 e. The topological polar surface area (TPSA) is 0 Å². The van der Waals surface area contributed by atoms with Crippen LogP contribution in [0.1, 0.15) is 99.9 Å². The molecule has 0 amide bonds. The molecule has 0 heterocycles. The van der Waals surface area contributed by atoms with E-state index in [1.165, 1.54) is 122 Å². The van der Waals surface area contributed by atoms with Gasteiger partial charge in [-0.2, -0.15) is 0 Å². The van der Waals surface area contributed by atoms with E-state index in [0.29, 0.717) is 0 Å². The molecule has 0 bridgehead atoms. The largest absolute Gasteiger partial charge is 0.0619 e. The molecule has 58 heavy (non-hydrogen) atoms. The molecule has 0 aliphatic heterocycles. The van der Waals surface area contributed by atoms with Crippen molar-refractivity contribution in [3.63, 3.8) is 0 Å². The van der Waals surface area contributed by atoms with Gasteiger partial charge in [0.1, 0.15) is 0 Å². The highest BCUT2D eigenvalue weighted by atomic mass is 14.4. The van der Waals surface area contributed by atoms with Gasteiger partial charge in [0.2, 0.25) is 0 Å². The molecule has 0 fully saturated rings. The second kappa shape index (κ2) is 10.9. The Morgan fingerprint density at radius 2 is 0.621 bits per heavy atom. The summed E-state index contributed by atoms with van der Waals surface area (Å²) in [6.45, 7) is 19.3. The molecular formula is C58H48. The Hall–Kier alpha value is -5.98. The molecule has 280 valence electrons. The number of rotatable bonds is 2. The standard InChI is InChI=1S/C58H48/c1-55(2)45-17-11-9-14-37(45)39-24-20-33(28-48(39)55)35-22-26-41-44-32-52-53(43-16-13-19-47(54(43)44)57(5,6)50(41)30-35)42-27-23-36(31-51(42)58(52,7)8)34-21-25-40-38-15-10-12-18-46(38)56(3,4)49(40)29-34/h9-32H,1-8H3. The summed E-state index contributed by atoms with van der Waals surface area (Å²) >= 11 is 0. The van der Waals surface area contributed by atoms with Crippen molar-refractivity contribution in [2.45, 2.75) is 77.0 Å². The first kappa shape index (κ1) is 34.1. The molecule has 0 unspecified atom stereocenters. The van der Waals surface area contributed by atoms with Gasteiger partial charge >= 0.3 is 0 Å². The SMILES string of the molecule is CC1(C)c2ccccc2-c2ccc(-c3ccc4c(c3)C(C)(C)c3cc5c6c(cccc6c3-4)C(C)(C)c3cc(-c4ccc6c(c4)C(C)(C)c4ccccc4-6)ccc3-5)cc21. The Bertz CT molecular complexity index is 3160. The molecule has 0 heteroatoms. The lowest BCUT2D eigenvalue weighted by Gasteiger charge is -2.36. The minimum atomic E-state index is -0.167. The fourth-order valence-corrected chi connectivity index (χ4v) is 12.0. The third-order valence-electron chi connectivity index (χ3n) is 15.3. The molecule has 8 aromatic carbocycles. The molecular weight excluding hydrogens is 697 g/mol. The first-order valence-electron chi connectivity index (χ1n) is 21.2. The van der Waals surface area contributed by atoms with E-state index < -0.39 is 0 Å². The minimum absolute atomic E-state index is 0.0249. The second-order valence-corrected chi connectivity index (χ2v) is 19.7. The Morgan fingerprint density at radius 1 is 0.259 bits per heavy atom. The Kier molecular flexibility index (Phi) is 6.43. The van der Waals surface area contributed by atoms with E-state index in [-0.39, 0.29) is 21.7 Å². The predicted molar refractivity (Wildman–Crippen MR) is 245 cm³/mol. The van der Waals surface area contributed by atoms with Crippen molar-refractivity contribution < 1.29 is 0 Å². The minimum Gasteiger partial charge on any atom is -0.0619 e. The van der Waals surface area contributed by atoms with E-state index in [1.54, 1.807) is 0 Å². The van der Waals surface area contributed by atoms with Crippen LogP contribution in [0.2, 0.25) is 0 Å². The van der Waals surface area contributed by atoms with Crippen molar-refractivity contribution in [2.75, 3.05) is 0 Å². The molecule has 4 aliphatic carbocycles. The smallest absolute Gasteiger partial charge is 0.0159 e. The van der Waals surface area contributed by atoms with Gasteiger partial charge in [0.15, 0.2) is 0 Å². The molecule has 8 aromatic rings. The van der Waals surface area contributed by atoms with E-state index in [9.17, 15) is 0 Å². The van der Waals surface area contributed by atoms with Crippen molar-refractivity contribution in [3.8, 4) is 66.8 Å². The van der Waals surface area contributed by atoms with Gasteiger partial charge in [0, 0.05) is 21.7 Å². The van der Waals surface area contributed by atoms with Crippen LogP contribution in [0.3, 0.4) is 0 Å². The third kappa shape index (κ3) is 4.16. The van der Waals surface area contributed by atoms with Crippen molar-refractivity contribution in [1.29, 1.82) is 0 Å². The Morgan fingerprint density at radius 3 is 1.12 bits per heavy atom. The lowest BCUT2D eigenvalue weighted by atomic mass is 9.67. The number of benzene rings is 8. The second-order valence-electron chi connectivity index (χ2n) is 19.7. The fraction of sp³-hybridized carbons (Fsp3) is 0.207. The highest BCUT2D eigenvalue weighted by molar-refractivity contribution is 6.13. The van der Waals surface area contributed by atoms with Crippen LogP contribution in [-0.2, 0) is 21.7 Å². The molecule has 0 saturated carbocycles. The van der Waals surface area contributed by atoms with Gasteiger partial charge in [-0.25, -0.2) is 0 Å². The molecule has 0 radical (unpaired) electrons. The molecule has 0 aromatic heterocycles. The molecule has 0 saturated heterocycles. The van der Waals surface area contributed by atoms with E-state index in [0.717, 1.165) is 0 Å². The summed E-state index contributed by atoms with van der Waals surface area (Å²) in [6, 6.07) is 56.4. The van der Waals surface area contributed by atoms with Crippen LogP contribution in [0.15, 0.2) is 146 Å². The van der Waals surface area contributed by atoms with E-state index in [2.05, 4.69) is 201 Å². The quantitative estimate of drug-likeness (QED) is 0.165. The van der Waals surface area contributed by atoms with Crippen LogP contribution in [0.5, 0.6) is 0 Å². The van der Waals surface area contributed by atoms with Crippen LogP contribution in [0.4, 0.5) is 0 Å². The number of hydrogen-bond donors (Lipinski definition) is 0. The van der Waals surface area contributed by atoms with E-state index in [4.69, 9.17) is 0 Å². The monoisotopic (exact) mass is 744 g/mol. The van der Waals surface area contributed by atoms with Crippen LogP contribution < -0.4 is 0 Å². The normalized spacial score (nSPS) is 17.2. The van der Waals surface area contributed by atoms with Gasteiger partial charge in [-0.05, 0) is 152 Å². The summed E-state index contributed by atoms with van der Waals surface area (Å²) in [4.78, 5) is 0. The number of hydrogen-bond acceptors (Lipinski definition) is 0. The Balaban J connectivity index is 0.985. The fourth-order valence-electron chi connectivity index (χ4n) is 12.0. The van der Waals surface area contributed by atoms with Gasteiger partial charge in [-0.1, -0.05) is 171 Å². The van der Waals surface area contributed by atoms with Crippen LogP contribution in [0, 0.1) is 0 Å². The molecule has 0 atom stereocenters. The highest BCUT2D eigenvalue weighted by Gasteiger charge is 2.42. The molecule has 4 aliphatic rings. The molecule has 0 N–H and O–H groups in total. The average Bonchev–Trinajstić information content (AvgIpc) is 3.71. The summed E-state index contributed by atoms with van der Waals surface area (Å²) in [5, 5.41) is 2.79. The maximum absolute atomic E-state index is 2.57. The zero-order valence-electron chi connectivity index (χ0n) is 34.9. The first-order valence-corrected chi connectivity index (χ1v) is 21.2. The van der Waals surface area contributed by atoms with Gasteiger partial charge in [0.05, 0.1) is 0 Å². The van der Waals surface area contributed by atoms with Crippen LogP contribution >= 0.6 is 0 Å². The predicted octanol–water partition coefficient (Wildman–Crippen LogP) is 15.4. The molecule has 0 nitrogen and oxygen atoms in total. The zero-order chi connectivity index (χ0) is 39.7. The molecule has 0 spiro atoms. The Labute approximate surface area is 343 Å². The van der Waals surface area contributed by atoms with Crippen LogP contribution in [0.25, 0.3) is 77.5 Å². The van der Waals surface area contributed by atoms with E-state index >= 15 is 0 Å². The summed E-state index contributed by atoms with van der Waals surface area (Å²) in [7, 11) is 0. The van der Waals surface area contributed by atoms with Crippen molar-refractivity contribution >= 4 is 10.8 Å².